The van der Waals surface area contributed by atoms with Gasteiger partial charge in [0.15, 0.2) is 0 Å². The molecule has 2 rings (SSSR count). The average Bonchev–Trinajstić information content (AvgIpc) is 2.46. The molecule has 1 N–H and O–H groups in total. The predicted octanol–water partition coefficient (Wildman–Crippen LogP) is 5.01. The van der Waals surface area contributed by atoms with Gasteiger partial charge < -0.3 is 13.9 Å². The largest absolute Gasteiger partial charge is 0.460 e. The van der Waals surface area contributed by atoms with Crippen LogP contribution in [0, 0.1) is 6.92 Å². The van der Waals surface area contributed by atoms with Gasteiger partial charge in [0.1, 0.15) is 11.5 Å². The van der Waals surface area contributed by atoms with Crippen molar-refractivity contribution in [2.75, 3.05) is 0 Å². The molecule has 1 atom stereocenters. The van der Waals surface area contributed by atoms with Gasteiger partial charge in [-0.2, -0.15) is 0 Å². The molecule has 0 radical (unpaired) electrons. The summed E-state index contributed by atoms with van der Waals surface area (Å²) in [6.07, 6.45) is 3.17. The maximum Gasteiger partial charge on any atom is 0.460 e. The van der Waals surface area contributed by atoms with Crippen molar-refractivity contribution in [1.82, 2.24) is 0 Å². The molecule has 0 aliphatic carbocycles. The molecule has 0 heterocycles. The minimum absolute atomic E-state index is 0.620. The number of hydrogen-bond donors (Lipinski definition) is 1. The van der Waals surface area contributed by atoms with Gasteiger partial charge in [-0.15, -0.1) is 0 Å². The van der Waals surface area contributed by atoms with Gasteiger partial charge in [0.05, 0.1) is 0 Å². The zero-order valence-electron chi connectivity index (χ0n) is 12.5. The highest BCUT2D eigenvalue weighted by molar-refractivity contribution is 7.41. The Morgan fingerprint density at radius 1 is 1.05 bits per heavy atom. The Morgan fingerprint density at radius 2 is 1.86 bits per heavy atom. The highest BCUT2D eigenvalue weighted by Crippen LogP contribution is 2.38. The third kappa shape index (κ3) is 5.04. The monoisotopic (exact) mass is 304 g/mol. The lowest BCUT2D eigenvalue weighted by atomic mass is 10.1. The van der Waals surface area contributed by atoms with Crippen LogP contribution in [0.3, 0.4) is 0 Å². The van der Waals surface area contributed by atoms with Crippen LogP contribution in [-0.2, 0) is 6.42 Å². The molecule has 21 heavy (non-hydrogen) atoms. The highest BCUT2D eigenvalue weighted by atomic mass is 31.2. The van der Waals surface area contributed by atoms with Crippen LogP contribution >= 0.6 is 8.60 Å². The molecule has 0 saturated heterocycles. The normalized spacial score (nSPS) is 12.0. The minimum Gasteiger partial charge on any atom is -0.418 e. The van der Waals surface area contributed by atoms with E-state index in [1.165, 1.54) is 0 Å². The number of para-hydroxylation sites is 1. The fraction of sp³-hybridized carbons (Fsp3) is 0.294. The lowest BCUT2D eigenvalue weighted by molar-refractivity contribution is 0.380. The summed E-state index contributed by atoms with van der Waals surface area (Å²) < 4.78 is 11.0. The number of rotatable bonds is 7. The van der Waals surface area contributed by atoms with Crippen molar-refractivity contribution >= 4 is 8.60 Å². The van der Waals surface area contributed by atoms with E-state index in [9.17, 15) is 4.89 Å². The molecule has 2 aromatic rings. The molecule has 0 aliphatic heterocycles. The molecule has 4 heteroatoms. The maximum absolute atomic E-state index is 10.0. The standard InChI is InChI=1S/C17H21O3P/c1-3-4-9-15-10-5-6-12-17(15)20-21(18)19-16-11-7-8-14(2)13-16/h5-8,10-13,18H,3-4,9H2,1-2H3. The fourth-order valence-corrected chi connectivity index (χ4v) is 2.71. The van der Waals surface area contributed by atoms with E-state index in [1.54, 1.807) is 0 Å². The number of benzene rings is 2. The van der Waals surface area contributed by atoms with Gasteiger partial charge in [-0.1, -0.05) is 43.7 Å². The van der Waals surface area contributed by atoms with E-state index in [1.807, 2.05) is 55.5 Å². The third-order valence-electron chi connectivity index (χ3n) is 3.12. The first-order valence-corrected chi connectivity index (χ1v) is 8.31. The summed E-state index contributed by atoms with van der Waals surface area (Å²) in [7, 11) is -1.98. The molecule has 0 aliphatic rings. The summed E-state index contributed by atoms with van der Waals surface area (Å²) in [5.74, 6) is 1.32. The molecular formula is C17H21O3P. The first-order chi connectivity index (χ1) is 10.2. The van der Waals surface area contributed by atoms with E-state index in [4.69, 9.17) is 9.05 Å². The predicted molar refractivity (Wildman–Crippen MR) is 86.6 cm³/mol. The summed E-state index contributed by atoms with van der Waals surface area (Å²) in [5.41, 5.74) is 2.19. The molecule has 0 saturated carbocycles. The molecule has 0 aromatic heterocycles. The van der Waals surface area contributed by atoms with E-state index < -0.39 is 8.60 Å². The van der Waals surface area contributed by atoms with Gasteiger partial charge in [-0.05, 0) is 49.1 Å². The fourth-order valence-electron chi connectivity index (χ4n) is 2.03. The van der Waals surface area contributed by atoms with E-state index >= 15 is 0 Å². The Balaban J connectivity index is 2.00. The van der Waals surface area contributed by atoms with Crippen LogP contribution in [0.15, 0.2) is 48.5 Å². The van der Waals surface area contributed by atoms with Crippen molar-refractivity contribution in [2.45, 2.75) is 33.1 Å². The Morgan fingerprint density at radius 3 is 2.62 bits per heavy atom. The summed E-state index contributed by atoms with van der Waals surface area (Å²) in [6, 6.07) is 15.3. The van der Waals surface area contributed by atoms with Gasteiger partial charge in [-0.25, -0.2) is 0 Å². The van der Waals surface area contributed by atoms with Crippen molar-refractivity contribution in [3.8, 4) is 11.5 Å². The zero-order valence-corrected chi connectivity index (χ0v) is 13.3. The summed E-state index contributed by atoms with van der Waals surface area (Å²) in [6.45, 7) is 4.14. The second-order valence-electron chi connectivity index (χ2n) is 4.95. The Hall–Kier alpha value is -1.57. The topological polar surface area (TPSA) is 38.7 Å². The van der Waals surface area contributed by atoms with Gasteiger partial charge >= 0.3 is 8.60 Å². The first-order valence-electron chi connectivity index (χ1n) is 7.18. The Kier molecular flexibility index (Phi) is 6.04. The minimum atomic E-state index is -1.98. The van der Waals surface area contributed by atoms with E-state index in [0.717, 1.165) is 30.4 Å². The van der Waals surface area contributed by atoms with Gasteiger partial charge in [0.2, 0.25) is 0 Å². The van der Waals surface area contributed by atoms with Crippen molar-refractivity contribution in [2.24, 2.45) is 0 Å². The van der Waals surface area contributed by atoms with Gasteiger partial charge in [-0.3, -0.25) is 0 Å². The lowest BCUT2D eigenvalue weighted by Gasteiger charge is -2.15. The summed E-state index contributed by atoms with van der Waals surface area (Å²) in [5, 5.41) is 0. The molecule has 0 amide bonds. The quantitative estimate of drug-likeness (QED) is 0.730. The molecule has 2 aromatic carbocycles. The van der Waals surface area contributed by atoms with Crippen molar-refractivity contribution in [3.63, 3.8) is 0 Å². The molecule has 0 bridgehead atoms. The SMILES string of the molecule is CCCCc1ccccc1OP(O)Oc1cccc(C)c1. The van der Waals surface area contributed by atoms with Crippen LogP contribution in [-0.4, -0.2) is 4.89 Å². The van der Waals surface area contributed by atoms with Crippen molar-refractivity contribution in [3.05, 3.63) is 59.7 Å². The maximum atomic E-state index is 10.0. The summed E-state index contributed by atoms with van der Waals surface area (Å²) >= 11 is 0. The van der Waals surface area contributed by atoms with E-state index in [0.29, 0.717) is 11.5 Å². The van der Waals surface area contributed by atoms with Crippen LogP contribution in [0.2, 0.25) is 0 Å². The molecule has 3 nitrogen and oxygen atoms in total. The van der Waals surface area contributed by atoms with E-state index in [-0.39, 0.29) is 0 Å². The van der Waals surface area contributed by atoms with Crippen LogP contribution in [0.25, 0.3) is 0 Å². The van der Waals surface area contributed by atoms with E-state index in [2.05, 4.69) is 6.92 Å². The second-order valence-corrected chi connectivity index (χ2v) is 5.79. The molecule has 1 unspecified atom stereocenters. The molecule has 112 valence electrons. The number of aryl methyl sites for hydroxylation is 2. The van der Waals surface area contributed by atoms with Crippen LogP contribution < -0.4 is 9.05 Å². The van der Waals surface area contributed by atoms with Crippen LogP contribution in [0.5, 0.6) is 11.5 Å². The molecule has 0 fully saturated rings. The van der Waals surface area contributed by atoms with Crippen LogP contribution in [0.1, 0.15) is 30.9 Å². The molecule has 0 spiro atoms. The first kappa shape index (κ1) is 15.8. The average molecular weight is 304 g/mol. The van der Waals surface area contributed by atoms with Gasteiger partial charge in [0, 0.05) is 0 Å². The number of hydrogen-bond acceptors (Lipinski definition) is 3. The highest BCUT2D eigenvalue weighted by Gasteiger charge is 2.13. The van der Waals surface area contributed by atoms with Crippen molar-refractivity contribution < 1.29 is 13.9 Å². The van der Waals surface area contributed by atoms with Gasteiger partial charge in [0.25, 0.3) is 0 Å². The Bertz CT molecular complexity index is 571. The Labute approximate surface area is 127 Å². The third-order valence-corrected chi connectivity index (χ3v) is 3.84. The lowest BCUT2D eigenvalue weighted by Crippen LogP contribution is -1.97. The smallest absolute Gasteiger partial charge is 0.418 e. The molecular weight excluding hydrogens is 283 g/mol. The second kappa shape index (κ2) is 8.02. The van der Waals surface area contributed by atoms with Crippen LogP contribution in [0.4, 0.5) is 0 Å². The van der Waals surface area contributed by atoms with Crippen molar-refractivity contribution in [1.29, 1.82) is 0 Å². The number of unbranched alkanes of at least 4 members (excludes halogenated alkanes) is 1. The summed E-state index contributed by atoms with van der Waals surface area (Å²) in [4.78, 5) is 10.0. The zero-order chi connectivity index (χ0) is 15.1.